The van der Waals surface area contributed by atoms with Crippen molar-refractivity contribution in [1.29, 1.82) is 0 Å². The number of carbonyl (C=O) groups is 2. The molecule has 1 aliphatic rings. The summed E-state index contributed by atoms with van der Waals surface area (Å²) in [5.74, 6) is -0.894. The van der Waals surface area contributed by atoms with Gasteiger partial charge >= 0.3 is 12.3 Å². The number of ether oxygens (including phenoxy) is 1. The van der Waals surface area contributed by atoms with E-state index in [4.69, 9.17) is 16.3 Å². The lowest BCUT2D eigenvalue weighted by atomic mass is 9.89. The molecule has 0 saturated carbocycles. The number of carbonyl (C=O) groups excluding carboxylic acids is 2. The van der Waals surface area contributed by atoms with E-state index in [1.54, 1.807) is 45.0 Å². The maximum Gasteiger partial charge on any atom is 0.417 e. The molecule has 2 aromatic rings. The third kappa shape index (κ3) is 8.47. The predicted molar refractivity (Wildman–Crippen MR) is 158 cm³/mol. The van der Waals surface area contributed by atoms with Crippen molar-refractivity contribution in [3.63, 3.8) is 0 Å². The quantitative estimate of drug-likeness (QED) is 0.327. The Kier molecular flexibility index (Phi) is 11.0. The molecule has 1 fully saturated rings. The van der Waals surface area contributed by atoms with Crippen LogP contribution in [-0.2, 0) is 10.9 Å². The first kappa shape index (κ1) is 32.9. The highest BCUT2D eigenvalue weighted by Gasteiger charge is 2.39. The summed E-state index contributed by atoms with van der Waals surface area (Å²) < 4.78 is 46.3. The average molecular weight is 608 g/mol. The van der Waals surface area contributed by atoms with Crippen LogP contribution in [0.3, 0.4) is 0 Å². The smallest absolute Gasteiger partial charge is 0.417 e. The molecule has 1 saturated heterocycles. The molecule has 1 aromatic carbocycles. The van der Waals surface area contributed by atoms with Crippen molar-refractivity contribution in [2.24, 2.45) is 4.99 Å². The molecule has 3 rings (SSSR count). The van der Waals surface area contributed by atoms with Gasteiger partial charge in [-0.3, -0.25) is 9.79 Å². The van der Waals surface area contributed by atoms with Crippen LogP contribution in [0.15, 0.2) is 47.7 Å². The molecule has 0 radical (unpaired) electrons. The second kappa shape index (κ2) is 14.0. The number of amides is 2. The van der Waals surface area contributed by atoms with Crippen molar-refractivity contribution in [2.45, 2.75) is 70.8 Å². The molecule has 8 nitrogen and oxygen atoms in total. The van der Waals surface area contributed by atoms with Crippen LogP contribution in [0, 0.1) is 0 Å². The summed E-state index contributed by atoms with van der Waals surface area (Å²) in [5, 5.41) is 5.22. The van der Waals surface area contributed by atoms with Crippen LogP contribution in [0.5, 0.6) is 0 Å². The second-order valence-corrected chi connectivity index (χ2v) is 11.3. The van der Waals surface area contributed by atoms with Crippen LogP contribution in [-0.4, -0.2) is 59.9 Å². The number of alkyl halides is 3. The van der Waals surface area contributed by atoms with Gasteiger partial charge in [0.05, 0.1) is 22.7 Å². The van der Waals surface area contributed by atoms with Crippen molar-refractivity contribution in [3.05, 3.63) is 70.1 Å². The number of benzene rings is 1. The first-order chi connectivity index (χ1) is 19.8. The Bertz CT molecular complexity index is 1320. The molecule has 1 aromatic heterocycles. The van der Waals surface area contributed by atoms with Crippen molar-refractivity contribution < 1.29 is 27.5 Å². The number of likely N-dealkylation sites (tertiary alicyclic amines) is 1. The number of nitrogens with zero attached hydrogens (tertiary/aromatic N) is 3. The Labute approximate surface area is 249 Å². The van der Waals surface area contributed by atoms with Gasteiger partial charge in [-0.1, -0.05) is 29.8 Å². The van der Waals surface area contributed by atoms with E-state index in [1.165, 1.54) is 0 Å². The Morgan fingerprint density at radius 1 is 1.24 bits per heavy atom. The predicted octanol–water partition coefficient (Wildman–Crippen LogP) is 6.67. The fourth-order valence-electron chi connectivity index (χ4n) is 4.74. The third-order valence-electron chi connectivity index (χ3n) is 6.57. The number of rotatable bonds is 8. The van der Waals surface area contributed by atoms with E-state index in [9.17, 15) is 22.8 Å². The number of nitrogens with one attached hydrogen (secondary N) is 2. The van der Waals surface area contributed by atoms with E-state index in [0.717, 1.165) is 36.2 Å². The lowest BCUT2D eigenvalue weighted by Crippen LogP contribution is -2.52. The van der Waals surface area contributed by atoms with Gasteiger partial charge in [0.1, 0.15) is 11.3 Å². The van der Waals surface area contributed by atoms with Gasteiger partial charge in [0.25, 0.3) is 5.91 Å². The van der Waals surface area contributed by atoms with E-state index in [1.807, 2.05) is 31.3 Å². The highest BCUT2D eigenvalue weighted by atomic mass is 35.5. The van der Waals surface area contributed by atoms with E-state index < -0.39 is 52.1 Å². The second-order valence-electron chi connectivity index (χ2n) is 10.9. The van der Waals surface area contributed by atoms with Crippen LogP contribution in [0.4, 0.5) is 18.0 Å². The number of allylic oxidation sites excluding steroid dienone is 1. The summed E-state index contributed by atoms with van der Waals surface area (Å²) >= 11 is 6.05. The zero-order chi connectivity index (χ0) is 31.1. The monoisotopic (exact) mass is 607 g/mol. The van der Waals surface area contributed by atoms with Crippen LogP contribution in [0.1, 0.15) is 80.2 Å². The number of aliphatic imine (C=N–C) groups is 1. The lowest BCUT2D eigenvalue weighted by Gasteiger charge is -2.41. The van der Waals surface area contributed by atoms with Crippen molar-refractivity contribution in [2.75, 3.05) is 20.1 Å². The lowest BCUT2D eigenvalue weighted by molar-refractivity contribution is -0.137. The molecule has 1 aliphatic heterocycles. The molecule has 2 heterocycles. The number of hydrogen-bond donors (Lipinski definition) is 2. The maximum atomic E-state index is 13.5. The average Bonchev–Trinajstić information content (AvgIpc) is 2.92. The normalized spacial score (nSPS) is 17.2. The molecule has 0 aliphatic carbocycles. The number of pyridine rings is 1. The van der Waals surface area contributed by atoms with Gasteiger partial charge in [-0.05, 0) is 70.2 Å². The van der Waals surface area contributed by atoms with Crippen LogP contribution >= 0.6 is 11.6 Å². The number of piperidine rings is 1. The van der Waals surface area contributed by atoms with Gasteiger partial charge in [-0.25, -0.2) is 9.78 Å². The van der Waals surface area contributed by atoms with E-state index >= 15 is 0 Å². The minimum absolute atomic E-state index is 0.391. The standard InChI is InChI=1S/C30H37ClF3N5O3/c1-6-36-18-21(17-35-5)19-10-9-11-20(16-19)25(23-12-7-8-15-39(23)28(41)42-29(2,3)4)38-27(40)26-24(31)22(13-14-37-26)30(32,33)34/h9-11,13-14,16-18,23,25,36H,6-8,12,15H2,1-5H3,(H,38,40)/b21-18+,35-17?/t23-,25-/m0/s1. The molecule has 42 heavy (non-hydrogen) atoms. The molecule has 2 atom stereocenters. The van der Waals surface area contributed by atoms with Gasteiger partial charge < -0.3 is 20.3 Å². The van der Waals surface area contributed by atoms with Crippen LogP contribution in [0.2, 0.25) is 5.02 Å². The number of halogens is 4. The highest BCUT2D eigenvalue weighted by molar-refractivity contribution is 6.34. The molecule has 12 heteroatoms. The maximum absolute atomic E-state index is 13.5. The first-order valence-electron chi connectivity index (χ1n) is 13.7. The third-order valence-corrected chi connectivity index (χ3v) is 6.95. The zero-order valence-corrected chi connectivity index (χ0v) is 25.1. The molecule has 0 spiro atoms. The summed E-state index contributed by atoms with van der Waals surface area (Å²) in [6, 6.07) is 6.69. The fraction of sp³-hybridized carbons (Fsp3) is 0.467. The van der Waals surface area contributed by atoms with E-state index in [0.29, 0.717) is 25.1 Å². The number of hydrogen-bond acceptors (Lipinski definition) is 6. The van der Waals surface area contributed by atoms with Crippen molar-refractivity contribution in [1.82, 2.24) is 20.5 Å². The summed E-state index contributed by atoms with van der Waals surface area (Å²) in [6.07, 6.45) is 1.13. The highest BCUT2D eigenvalue weighted by Crippen LogP contribution is 2.36. The summed E-state index contributed by atoms with van der Waals surface area (Å²) in [6.45, 7) is 8.34. The topological polar surface area (TPSA) is 95.9 Å². The van der Waals surface area contributed by atoms with E-state index in [2.05, 4.69) is 20.6 Å². The fourth-order valence-corrected chi connectivity index (χ4v) is 5.05. The Morgan fingerprint density at radius 2 is 1.98 bits per heavy atom. The van der Waals surface area contributed by atoms with Crippen molar-refractivity contribution >= 4 is 35.4 Å². The van der Waals surface area contributed by atoms with Crippen LogP contribution < -0.4 is 10.6 Å². The van der Waals surface area contributed by atoms with Gasteiger partial charge in [-0.15, -0.1) is 0 Å². The zero-order valence-electron chi connectivity index (χ0n) is 24.4. The number of aromatic nitrogens is 1. The Morgan fingerprint density at radius 3 is 2.62 bits per heavy atom. The first-order valence-corrected chi connectivity index (χ1v) is 14.1. The van der Waals surface area contributed by atoms with Gasteiger partial charge in [0.15, 0.2) is 0 Å². The SMILES string of the molecule is CCN/C=C(\C=NC)c1cccc([C@H](NC(=O)c2nccc(C(F)(F)F)c2Cl)[C@@H]2CCCCN2C(=O)OC(C)(C)C)c1. The molecular weight excluding hydrogens is 571 g/mol. The Hall–Kier alpha value is -3.60. The summed E-state index contributed by atoms with van der Waals surface area (Å²) in [4.78, 5) is 36.4. The molecule has 0 unspecified atom stereocenters. The molecule has 2 amide bonds. The Balaban J connectivity index is 2.11. The molecular formula is C30H37ClF3N5O3. The minimum Gasteiger partial charge on any atom is -0.444 e. The van der Waals surface area contributed by atoms with Gasteiger partial charge in [0.2, 0.25) is 0 Å². The van der Waals surface area contributed by atoms with Gasteiger partial charge in [-0.2, -0.15) is 13.2 Å². The molecule has 228 valence electrons. The van der Waals surface area contributed by atoms with E-state index in [-0.39, 0.29) is 0 Å². The van der Waals surface area contributed by atoms with Crippen LogP contribution in [0.25, 0.3) is 5.57 Å². The molecule has 2 N–H and O–H groups in total. The molecule has 0 bridgehead atoms. The summed E-state index contributed by atoms with van der Waals surface area (Å²) in [7, 11) is 1.65. The van der Waals surface area contributed by atoms with Crippen molar-refractivity contribution in [3.8, 4) is 0 Å². The largest absolute Gasteiger partial charge is 0.444 e. The minimum atomic E-state index is -4.77. The summed E-state index contributed by atoms with van der Waals surface area (Å²) in [5.41, 5.74) is -0.268. The van der Waals surface area contributed by atoms with Gasteiger partial charge in [0, 0.05) is 44.3 Å².